The third kappa shape index (κ3) is 4.78. The third-order valence-electron chi connectivity index (χ3n) is 3.96. The van der Waals surface area contributed by atoms with Crippen molar-refractivity contribution >= 4 is 5.69 Å². The van der Waals surface area contributed by atoms with Crippen LogP contribution in [0.4, 0.5) is 10.1 Å². The number of hydrogen-bond acceptors (Lipinski definition) is 3. The molecule has 0 radical (unpaired) electrons. The van der Waals surface area contributed by atoms with Gasteiger partial charge in [-0.05, 0) is 42.8 Å². The van der Waals surface area contributed by atoms with Crippen LogP contribution in [-0.4, -0.2) is 21.1 Å². The molecule has 3 nitrogen and oxygen atoms in total. The molecule has 0 spiro atoms. The van der Waals surface area contributed by atoms with Crippen molar-refractivity contribution in [1.29, 1.82) is 0 Å². The number of halogens is 1. The molecule has 0 aliphatic rings. The minimum atomic E-state index is -0.204. The maximum Gasteiger partial charge on any atom is 0.125 e. The smallest absolute Gasteiger partial charge is 0.125 e. The van der Waals surface area contributed by atoms with Gasteiger partial charge in [-0.15, -0.1) is 0 Å². The summed E-state index contributed by atoms with van der Waals surface area (Å²) < 4.78 is 13.5. The van der Waals surface area contributed by atoms with E-state index in [1.807, 2.05) is 32.1 Å². The molecule has 0 aliphatic heterocycles. The average molecular weight is 315 g/mol. The Labute approximate surface area is 138 Å². The quantitative estimate of drug-likeness (QED) is 0.819. The SMILES string of the molecule is CNCc1ccc(CNC(C)c2ccc(F)cc2N(C)C)cc1. The summed E-state index contributed by atoms with van der Waals surface area (Å²) >= 11 is 0. The topological polar surface area (TPSA) is 27.3 Å². The summed E-state index contributed by atoms with van der Waals surface area (Å²) in [6, 6.07) is 13.7. The maximum absolute atomic E-state index is 13.5. The first-order chi connectivity index (χ1) is 11.0. The van der Waals surface area contributed by atoms with Gasteiger partial charge in [-0.25, -0.2) is 4.39 Å². The lowest BCUT2D eigenvalue weighted by atomic mass is 10.0. The van der Waals surface area contributed by atoms with Gasteiger partial charge in [0.2, 0.25) is 0 Å². The maximum atomic E-state index is 13.5. The van der Waals surface area contributed by atoms with Gasteiger partial charge in [-0.1, -0.05) is 30.3 Å². The minimum Gasteiger partial charge on any atom is -0.377 e. The van der Waals surface area contributed by atoms with Crippen molar-refractivity contribution in [3.05, 3.63) is 65.0 Å². The molecular formula is C19H26FN3. The van der Waals surface area contributed by atoms with E-state index >= 15 is 0 Å². The molecule has 2 aromatic rings. The van der Waals surface area contributed by atoms with E-state index in [0.717, 1.165) is 24.3 Å². The number of nitrogens with zero attached hydrogens (tertiary/aromatic N) is 1. The minimum absolute atomic E-state index is 0.144. The number of rotatable bonds is 7. The van der Waals surface area contributed by atoms with E-state index in [-0.39, 0.29) is 11.9 Å². The molecule has 2 aromatic carbocycles. The van der Waals surface area contributed by atoms with Crippen LogP contribution in [0.1, 0.15) is 29.7 Å². The standard InChI is InChI=1S/C19H26FN3/c1-14(18-10-9-17(20)11-19(18)23(3)4)22-13-16-7-5-15(6-8-16)12-21-2/h5-11,14,21-22H,12-13H2,1-4H3. The van der Waals surface area contributed by atoms with Gasteiger partial charge in [0, 0.05) is 38.9 Å². The summed E-state index contributed by atoms with van der Waals surface area (Å²) in [5.74, 6) is -0.204. The Morgan fingerprint density at radius 1 is 1.00 bits per heavy atom. The number of anilines is 1. The number of hydrogen-bond donors (Lipinski definition) is 2. The van der Waals surface area contributed by atoms with Gasteiger partial charge in [0.25, 0.3) is 0 Å². The van der Waals surface area contributed by atoms with Crippen LogP contribution >= 0.6 is 0 Å². The molecule has 23 heavy (non-hydrogen) atoms. The predicted molar refractivity (Wildman–Crippen MR) is 95.2 cm³/mol. The van der Waals surface area contributed by atoms with E-state index < -0.39 is 0 Å². The summed E-state index contributed by atoms with van der Waals surface area (Å²) in [5, 5.41) is 6.66. The lowest BCUT2D eigenvalue weighted by Gasteiger charge is -2.22. The Morgan fingerprint density at radius 3 is 2.17 bits per heavy atom. The molecule has 2 N–H and O–H groups in total. The zero-order valence-electron chi connectivity index (χ0n) is 14.4. The van der Waals surface area contributed by atoms with Gasteiger partial charge in [0.15, 0.2) is 0 Å². The number of benzene rings is 2. The normalized spacial score (nSPS) is 12.2. The number of nitrogens with one attached hydrogen (secondary N) is 2. The van der Waals surface area contributed by atoms with E-state index in [9.17, 15) is 4.39 Å². The molecule has 1 atom stereocenters. The van der Waals surface area contributed by atoms with Crippen LogP contribution in [0.15, 0.2) is 42.5 Å². The molecular weight excluding hydrogens is 289 g/mol. The van der Waals surface area contributed by atoms with Gasteiger partial charge in [-0.2, -0.15) is 0 Å². The van der Waals surface area contributed by atoms with Crippen LogP contribution in [0.25, 0.3) is 0 Å². The average Bonchev–Trinajstić information content (AvgIpc) is 2.54. The summed E-state index contributed by atoms with van der Waals surface area (Å²) in [4.78, 5) is 1.95. The Hall–Kier alpha value is -1.91. The fraction of sp³-hybridized carbons (Fsp3) is 0.368. The molecule has 1 unspecified atom stereocenters. The Bertz CT molecular complexity index is 623. The zero-order valence-corrected chi connectivity index (χ0v) is 14.4. The van der Waals surface area contributed by atoms with Crippen molar-refractivity contribution in [1.82, 2.24) is 10.6 Å². The van der Waals surface area contributed by atoms with Gasteiger partial charge in [0.05, 0.1) is 0 Å². The monoisotopic (exact) mass is 315 g/mol. The molecule has 0 saturated heterocycles. The second kappa shape index (κ2) is 8.09. The molecule has 0 heterocycles. The van der Waals surface area contributed by atoms with Crippen LogP contribution in [0, 0.1) is 5.82 Å². The molecule has 0 bridgehead atoms. The summed E-state index contributed by atoms with van der Waals surface area (Å²) in [5.41, 5.74) is 4.53. The molecule has 0 saturated carbocycles. The van der Waals surface area contributed by atoms with Gasteiger partial charge in [0.1, 0.15) is 5.82 Å². The van der Waals surface area contributed by atoms with Crippen molar-refractivity contribution < 1.29 is 4.39 Å². The first-order valence-electron chi connectivity index (χ1n) is 7.94. The van der Waals surface area contributed by atoms with E-state index in [1.54, 1.807) is 6.07 Å². The van der Waals surface area contributed by atoms with E-state index in [4.69, 9.17) is 0 Å². The molecule has 4 heteroatoms. The van der Waals surface area contributed by atoms with Crippen LogP contribution in [0.2, 0.25) is 0 Å². The molecule has 2 rings (SSSR count). The highest BCUT2D eigenvalue weighted by molar-refractivity contribution is 5.54. The van der Waals surface area contributed by atoms with Crippen molar-refractivity contribution in [3.63, 3.8) is 0 Å². The van der Waals surface area contributed by atoms with E-state index in [0.29, 0.717) is 0 Å². The van der Waals surface area contributed by atoms with Crippen molar-refractivity contribution in [2.75, 3.05) is 26.0 Å². The highest BCUT2D eigenvalue weighted by Gasteiger charge is 2.12. The summed E-state index contributed by atoms with van der Waals surface area (Å²) in [6.45, 7) is 3.77. The van der Waals surface area contributed by atoms with Crippen molar-refractivity contribution in [3.8, 4) is 0 Å². The Balaban J connectivity index is 2.03. The largest absolute Gasteiger partial charge is 0.377 e. The van der Waals surface area contributed by atoms with Crippen molar-refractivity contribution in [2.45, 2.75) is 26.1 Å². The van der Waals surface area contributed by atoms with E-state index in [2.05, 4.69) is 41.8 Å². The Kier molecular flexibility index (Phi) is 6.13. The highest BCUT2D eigenvalue weighted by Crippen LogP contribution is 2.26. The van der Waals surface area contributed by atoms with Gasteiger partial charge >= 0.3 is 0 Å². The molecule has 0 aliphatic carbocycles. The van der Waals surface area contributed by atoms with Crippen LogP contribution in [0.5, 0.6) is 0 Å². The van der Waals surface area contributed by atoms with Crippen molar-refractivity contribution in [2.24, 2.45) is 0 Å². The lowest BCUT2D eigenvalue weighted by Crippen LogP contribution is -2.21. The fourth-order valence-electron chi connectivity index (χ4n) is 2.63. The summed E-state index contributed by atoms with van der Waals surface area (Å²) in [6.07, 6.45) is 0. The predicted octanol–water partition coefficient (Wildman–Crippen LogP) is 3.46. The van der Waals surface area contributed by atoms with E-state index in [1.165, 1.54) is 17.2 Å². The zero-order chi connectivity index (χ0) is 16.8. The van der Waals surface area contributed by atoms with Gasteiger partial charge < -0.3 is 15.5 Å². The van der Waals surface area contributed by atoms with Gasteiger partial charge in [-0.3, -0.25) is 0 Å². The lowest BCUT2D eigenvalue weighted by molar-refractivity contribution is 0.571. The second-order valence-electron chi connectivity index (χ2n) is 6.05. The molecule has 124 valence electrons. The molecule has 0 amide bonds. The fourth-order valence-corrected chi connectivity index (χ4v) is 2.63. The molecule has 0 fully saturated rings. The first kappa shape index (κ1) is 17.4. The highest BCUT2D eigenvalue weighted by atomic mass is 19.1. The summed E-state index contributed by atoms with van der Waals surface area (Å²) in [7, 11) is 5.82. The van der Waals surface area contributed by atoms with Crippen LogP contribution in [-0.2, 0) is 13.1 Å². The second-order valence-corrected chi connectivity index (χ2v) is 6.05. The van der Waals surface area contributed by atoms with Crippen LogP contribution < -0.4 is 15.5 Å². The molecule has 0 aromatic heterocycles. The Morgan fingerprint density at radius 2 is 1.61 bits per heavy atom. The van der Waals surface area contributed by atoms with Crippen LogP contribution in [0.3, 0.4) is 0 Å². The third-order valence-corrected chi connectivity index (χ3v) is 3.96. The first-order valence-corrected chi connectivity index (χ1v) is 7.94.